The Labute approximate surface area is 178 Å². The predicted octanol–water partition coefficient (Wildman–Crippen LogP) is 4.56. The lowest BCUT2D eigenvalue weighted by Gasteiger charge is -2.21. The molecule has 0 amide bonds. The van der Waals surface area contributed by atoms with Crippen LogP contribution >= 0.6 is 11.3 Å². The van der Waals surface area contributed by atoms with Crippen molar-refractivity contribution >= 4 is 33.5 Å². The van der Waals surface area contributed by atoms with Gasteiger partial charge in [0, 0.05) is 41.4 Å². The van der Waals surface area contributed by atoms with Crippen LogP contribution in [0.5, 0.6) is 5.75 Å². The first-order valence-electron chi connectivity index (χ1n) is 9.79. The number of anilines is 1. The molecule has 152 valence electrons. The SMILES string of the molecule is CCN(CC)c1ccc(/C=N/n2cnc3scc(-c4ccccc4)c3c2=O)c(O)c1. The summed E-state index contributed by atoms with van der Waals surface area (Å²) < 4.78 is 1.21. The molecule has 4 rings (SSSR count). The molecule has 2 heterocycles. The molecule has 2 aromatic heterocycles. The highest BCUT2D eigenvalue weighted by atomic mass is 32.1. The van der Waals surface area contributed by atoms with E-state index in [4.69, 9.17) is 0 Å². The molecule has 0 unspecified atom stereocenters. The second-order valence-corrected chi connectivity index (χ2v) is 7.61. The van der Waals surface area contributed by atoms with Crippen molar-refractivity contribution in [2.24, 2.45) is 5.10 Å². The third-order valence-electron chi connectivity index (χ3n) is 5.03. The van der Waals surface area contributed by atoms with Crippen molar-refractivity contribution < 1.29 is 5.11 Å². The average Bonchev–Trinajstić information content (AvgIpc) is 3.21. The summed E-state index contributed by atoms with van der Waals surface area (Å²) in [4.78, 5) is 20.3. The molecule has 0 aliphatic rings. The first-order chi connectivity index (χ1) is 14.6. The van der Waals surface area contributed by atoms with Gasteiger partial charge in [0.05, 0.1) is 11.6 Å². The molecule has 30 heavy (non-hydrogen) atoms. The zero-order chi connectivity index (χ0) is 21.1. The van der Waals surface area contributed by atoms with E-state index in [-0.39, 0.29) is 11.3 Å². The van der Waals surface area contributed by atoms with E-state index in [0.717, 1.165) is 29.9 Å². The summed E-state index contributed by atoms with van der Waals surface area (Å²) in [6.07, 6.45) is 2.89. The molecular formula is C23H22N4O2S. The van der Waals surface area contributed by atoms with Gasteiger partial charge >= 0.3 is 0 Å². The summed E-state index contributed by atoms with van der Waals surface area (Å²) in [6, 6.07) is 15.2. The largest absolute Gasteiger partial charge is 0.507 e. The van der Waals surface area contributed by atoms with Gasteiger partial charge < -0.3 is 10.0 Å². The molecule has 0 spiro atoms. The molecule has 0 saturated heterocycles. The van der Waals surface area contributed by atoms with Crippen LogP contribution < -0.4 is 10.5 Å². The molecule has 0 bridgehead atoms. The van der Waals surface area contributed by atoms with Crippen molar-refractivity contribution in [2.45, 2.75) is 13.8 Å². The van der Waals surface area contributed by atoms with Gasteiger partial charge in [-0.05, 0) is 31.5 Å². The van der Waals surface area contributed by atoms with Crippen LogP contribution in [0.2, 0.25) is 0 Å². The Bertz CT molecular complexity index is 1260. The smallest absolute Gasteiger partial charge is 0.283 e. The fourth-order valence-electron chi connectivity index (χ4n) is 3.39. The highest BCUT2D eigenvalue weighted by molar-refractivity contribution is 7.17. The van der Waals surface area contributed by atoms with Crippen LogP contribution in [0.1, 0.15) is 19.4 Å². The number of phenolic OH excluding ortho intramolecular Hbond substituents is 1. The maximum atomic E-state index is 13.1. The second kappa shape index (κ2) is 8.51. The minimum absolute atomic E-state index is 0.116. The lowest BCUT2D eigenvalue weighted by molar-refractivity contribution is 0.474. The van der Waals surface area contributed by atoms with Crippen molar-refractivity contribution in [2.75, 3.05) is 18.0 Å². The van der Waals surface area contributed by atoms with Crippen molar-refractivity contribution in [1.29, 1.82) is 0 Å². The van der Waals surface area contributed by atoms with Crippen molar-refractivity contribution in [3.05, 3.63) is 76.2 Å². The van der Waals surface area contributed by atoms with Crippen LogP contribution in [0.3, 0.4) is 0 Å². The van der Waals surface area contributed by atoms with E-state index in [9.17, 15) is 9.90 Å². The molecule has 2 aromatic carbocycles. The minimum atomic E-state index is -0.240. The molecule has 0 saturated carbocycles. The molecule has 6 nitrogen and oxygen atoms in total. The first-order valence-corrected chi connectivity index (χ1v) is 10.7. The van der Waals surface area contributed by atoms with E-state index in [2.05, 4.69) is 28.8 Å². The Hall–Kier alpha value is -3.45. The number of phenols is 1. The number of hydrogen-bond donors (Lipinski definition) is 1. The monoisotopic (exact) mass is 418 g/mol. The van der Waals surface area contributed by atoms with Gasteiger partial charge in [-0.15, -0.1) is 11.3 Å². The Morgan fingerprint density at radius 1 is 1.17 bits per heavy atom. The maximum Gasteiger partial charge on any atom is 0.283 e. The van der Waals surface area contributed by atoms with E-state index in [0.29, 0.717) is 15.8 Å². The van der Waals surface area contributed by atoms with Gasteiger partial charge in [0.25, 0.3) is 5.56 Å². The van der Waals surface area contributed by atoms with Crippen molar-refractivity contribution in [3.8, 4) is 16.9 Å². The van der Waals surface area contributed by atoms with Gasteiger partial charge in [0.15, 0.2) is 0 Å². The first kappa shape index (κ1) is 19.8. The fraction of sp³-hybridized carbons (Fsp3) is 0.174. The molecule has 0 fully saturated rings. The summed E-state index contributed by atoms with van der Waals surface area (Å²) in [6.45, 7) is 5.85. The lowest BCUT2D eigenvalue weighted by atomic mass is 10.1. The number of aromatic hydroxyl groups is 1. The Morgan fingerprint density at radius 3 is 2.63 bits per heavy atom. The van der Waals surface area contributed by atoms with Crippen LogP contribution in [-0.2, 0) is 0 Å². The van der Waals surface area contributed by atoms with Crippen LogP contribution in [0.4, 0.5) is 5.69 Å². The molecule has 0 aliphatic heterocycles. The summed E-state index contributed by atoms with van der Waals surface area (Å²) in [7, 11) is 0. The number of benzene rings is 2. The van der Waals surface area contributed by atoms with E-state index in [1.807, 2.05) is 41.8 Å². The van der Waals surface area contributed by atoms with E-state index < -0.39 is 0 Å². The summed E-state index contributed by atoms with van der Waals surface area (Å²) in [5.41, 5.74) is 3.06. The maximum absolute atomic E-state index is 13.1. The zero-order valence-electron chi connectivity index (χ0n) is 16.8. The topological polar surface area (TPSA) is 70.7 Å². The number of hydrogen-bond acceptors (Lipinski definition) is 6. The van der Waals surface area contributed by atoms with Gasteiger partial charge in [-0.2, -0.15) is 9.78 Å². The molecule has 7 heteroatoms. The van der Waals surface area contributed by atoms with Crippen LogP contribution in [-0.4, -0.2) is 34.1 Å². The van der Waals surface area contributed by atoms with Crippen LogP contribution in [0.15, 0.2) is 70.1 Å². The lowest BCUT2D eigenvalue weighted by Crippen LogP contribution is -2.21. The van der Waals surface area contributed by atoms with Gasteiger partial charge in [-0.25, -0.2) is 4.98 Å². The third kappa shape index (κ3) is 3.71. The normalized spacial score (nSPS) is 11.4. The van der Waals surface area contributed by atoms with E-state index in [1.54, 1.807) is 12.1 Å². The Balaban J connectivity index is 1.70. The van der Waals surface area contributed by atoms with Crippen molar-refractivity contribution in [1.82, 2.24) is 9.66 Å². The number of fused-ring (bicyclic) bond motifs is 1. The molecule has 0 aliphatic carbocycles. The van der Waals surface area contributed by atoms with Crippen LogP contribution in [0, 0.1) is 0 Å². The quantitative estimate of drug-likeness (QED) is 0.466. The van der Waals surface area contributed by atoms with Gasteiger partial charge in [0.1, 0.15) is 16.9 Å². The number of aromatic nitrogens is 2. The van der Waals surface area contributed by atoms with Gasteiger partial charge in [-0.1, -0.05) is 30.3 Å². The predicted molar refractivity (Wildman–Crippen MR) is 124 cm³/mol. The van der Waals surface area contributed by atoms with Gasteiger partial charge in [0.2, 0.25) is 0 Å². The van der Waals surface area contributed by atoms with Gasteiger partial charge in [-0.3, -0.25) is 4.79 Å². The van der Waals surface area contributed by atoms with E-state index in [1.165, 1.54) is 28.6 Å². The zero-order valence-corrected chi connectivity index (χ0v) is 17.6. The summed E-state index contributed by atoms with van der Waals surface area (Å²) in [5, 5.41) is 17.1. The van der Waals surface area contributed by atoms with Crippen LogP contribution in [0.25, 0.3) is 21.3 Å². The molecule has 4 aromatic rings. The third-order valence-corrected chi connectivity index (χ3v) is 5.91. The number of thiophene rings is 1. The highest BCUT2D eigenvalue weighted by Gasteiger charge is 2.13. The molecule has 0 atom stereocenters. The number of rotatable bonds is 6. The second-order valence-electron chi connectivity index (χ2n) is 6.75. The average molecular weight is 419 g/mol. The standard InChI is InChI=1S/C23H22N4O2S/c1-3-26(4-2)18-11-10-17(20(28)12-18)13-25-27-15-24-22-21(23(27)29)19(14-30-22)16-8-6-5-7-9-16/h5-15,28H,3-4H2,1-2H3/b25-13+. The number of nitrogens with zero attached hydrogens (tertiary/aromatic N) is 4. The fourth-order valence-corrected chi connectivity index (χ4v) is 4.29. The summed E-state index contributed by atoms with van der Waals surface area (Å²) >= 11 is 1.44. The minimum Gasteiger partial charge on any atom is -0.507 e. The Kier molecular flexibility index (Phi) is 5.63. The molecule has 0 radical (unpaired) electrons. The van der Waals surface area contributed by atoms with Crippen molar-refractivity contribution in [3.63, 3.8) is 0 Å². The molecular weight excluding hydrogens is 396 g/mol. The summed E-state index contributed by atoms with van der Waals surface area (Å²) in [5.74, 6) is 0.116. The molecule has 1 N–H and O–H groups in total. The highest BCUT2D eigenvalue weighted by Crippen LogP contribution is 2.30. The van der Waals surface area contributed by atoms with E-state index >= 15 is 0 Å². The Morgan fingerprint density at radius 2 is 1.93 bits per heavy atom.